The van der Waals surface area contributed by atoms with Crippen molar-refractivity contribution in [3.8, 4) is 5.75 Å². The monoisotopic (exact) mass is 297 g/mol. The van der Waals surface area contributed by atoms with E-state index in [2.05, 4.69) is 15.2 Å². The molecule has 1 rings (SSSR count). The molecule has 1 aromatic rings. The Morgan fingerprint density at radius 2 is 1.71 bits per heavy atom. The molecule has 21 heavy (non-hydrogen) atoms. The fourth-order valence-electron chi connectivity index (χ4n) is 1.13. The third-order valence-corrected chi connectivity index (χ3v) is 2.13. The molecular weight excluding hydrogens is 278 g/mol. The third-order valence-electron chi connectivity index (χ3n) is 2.13. The van der Waals surface area contributed by atoms with E-state index in [1.165, 1.54) is 14.0 Å². The lowest BCUT2D eigenvalue weighted by molar-refractivity contribution is -0.142. The lowest BCUT2D eigenvalue weighted by atomic mass is 10.1. The van der Waals surface area contributed by atoms with E-state index in [-0.39, 0.29) is 12.4 Å². The first kappa shape index (κ1) is 18.4. The molecule has 2 N–H and O–H groups in total. The Hall–Kier alpha value is -2.57. The number of ketones is 1. The van der Waals surface area contributed by atoms with Crippen molar-refractivity contribution in [1.82, 2.24) is 0 Å². The quantitative estimate of drug-likeness (QED) is 0.653. The van der Waals surface area contributed by atoms with Crippen LogP contribution in [-0.2, 0) is 14.3 Å². The van der Waals surface area contributed by atoms with Gasteiger partial charge in [-0.1, -0.05) is 0 Å². The summed E-state index contributed by atoms with van der Waals surface area (Å²) in [6, 6.07) is 6.57. The molecule has 0 heterocycles. The fraction of sp³-hybridized carbons (Fsp3) is 0.357. The number of hydrogen-bond donors (Lipinski definition) is 1. The smallest absolute Gasteiger partial charge is 0.404 e. The minimum Gasteiger partial charge on any atom is -0.482 e. The highest BCUT2D eigenvalue weighted by molar-refractivity contribution is 5.94. The van der Waals surface area contributed by atoms with Gasteiger partial charge in [0.05, 0.1) is 13.7 Å². The van der Waals surface area contributed by atoms with E-state index in [1.54, 1.807) is 31.2 Å². The SMILES string of the molecule is CCOC(N)=O.COC(=O)COc1ccc(C(C)=O)cc1. The Bertz CT molecular complexity index is 469. The second kappa shape index (κ2) is 10.2. The summed E-state index contributed by atoms with van der Waals surface area (Å²) >= 11 is 0. The van der Waals surface area contributed by atoms with Gasteiger partial charge < -0.3 is 19.9 Å². The molecule has 1 amide bonds. The lowest BCUT2D eigenvalue weighted by Crippen LogP contribution is -2.12. The summed E-state index contributed by atoms with van der Waals surface area (Å²) in [5, 5.41) is 0. The number of amides is 1. The number of esters is 1. The van der Waals surface area contributed by atoms with Crippen LogP contribution in [0.4, 0.5) is 4.79 Å². The molecule has 0 aliphatic carbocycles. The van der Waals surface area contributed by atoms with Crippen molar-refractivity contribution in [2.75, 3.05) is 20.3 Å². The summed E-state index contributed by atoms with van der Waals surface area (Å²) in [5.41, 5.74) is 5.15. The molecule has 0 bridgehead atoms. The Morgan fingerprint density at radius 3 is 2.05 bits per heavy atom. The molecule has 116 valence electrons. The molecule has 1 aromatic carbocycles. The maximum atomic E-state index is 11.0. The Balaban J connectivity index is 0.000000567. The fourth-order valence-corrected chi connectivity index (χ4v) is 1.13. The van der Waals surface area contributed by atoms with Crippen molar-refractivity contribution < 1.29 is 28.6 Å². The van der Waals surface area contributed by atoms with Crippen molar-refractivity contribution in [1.29, 1.82) is 0 Å². The number of nitrogens with two attached hydrogens (primary N) is 1. The number of carbonyl (C=O) groups excluding carboxylic acids is 3. The molecule has 0 saturated heterocycles. The van der Waals surface area contributed by atoms with Crippen LogP contribution in [0.25, 0.3) is 0 Å². The first-order valence-corrected chi connectivity index (χ1v) is 6.13. The molecule has 7 nitrogen and oxygen atoms in total. The van der Waals surface area contributed by atoms with Crippen LogP contribution in [0, 0.1) is 0 Å². The van der Waals surface area contributed by atoms with E-state index in [0.29, 0.717) is 17.9 Å². The van der Waals surface area contributed by atoms with Crippen LogP contribution in [0.2, 0.25) is 0 Å². The number of ether oxygens (including phenoxy) is 3. The number of benzene rings is 1. The van der Waals surface area contributed by atoms with Crippen molar-refractivity contribution in [2.24, 2.45) is 5.73 Å². The normalized spacial score (nSPS) is 8.90. The molecule has 0 spiro atoms. The topological polar surface area (TPSA) is 105 Å². The van der Waals surface area contributed by atoms with E-state index in [9.17, 15) is 14.4 Å². The predicted octanol–water partition coefficient (Wildman–Crippen LogP) is 1.54. The summed E-state index contributed by atoms with van der Waals surface area (Å²) in [6.45, 7) is 3.42. The molecule has 0 aliphatic rings. The van der Waals surface area contributed by atoms with Gasteiger partial charge in [-0.15, -0.1) is 0 Å². The van der Waals surface area contributed by atoms with Gasteiger partial charge in [-0.2, -0.15) is 0 Å². The van der Waals surface area contributed by atoms with E-state index < -0.39 is 12.1 Å². The highest BCUT2D eigenvalue weighted by Gasteiger charge is 2.02. The van der Waals surface area contributed by atoms with E-state index in [1.807, 2.05) is 0 Å². The van der Waals surface area contributed by atoms with Crippen LogP contribution in [0.3, 0.4) is 0 Å². The summed E-state index contributed by atoms with van der Waals surface area (Å²) in [6.07, 6.45) is -0.711. The van der Waals surface area contributed by atoms with E-state index >= 15 is 0 Å². The molecular formula is C14H19NO6. The number of Topliss-reactive ketones (excluding diaryl/α,β-unsaturated/α-hetero) is 1. The van der Waals surface area contributed by atoms with Gasteiger partial charge in [0, 0.05) is 5.56 Å². The lowest BCUT2D eigenvalue weighted by Gasteiger charge is -2.04. The standard InChI is InChI=1S/C11H12O4.C3H7NO2/c1-8(12)9-3-5-10(6-4-9)15-7-11(13)14-2;1-2-6-3(4)5/h3-6H,7H2,1-2H3;2H2,1H3,(H2,4,5). The molecule has 0 unspecified atom stereocenters. The molecule has 7 heteroatoms. The third kappa shape index (κ3) is 9.04. The van der Waals surface area contributed by atoms with Crippen LogP contribution in [0.1, 0.15) is 24.2 Å². The maximum Gasteiger partial charge on any atom is 0.404 e. The van der Waals surface area contributed by atoms with Crippen molar-refractivity contribution in [3.63, 3.8) is 0 Å². The average molecular weight is 297 g/mol. The predicted molar refractivity (Wildman–Crippen MR) is 75.2 cm³/mol. The zero-order chi connectivity index (χ0) is 16.3. The van der Waals surface area contributed by atoms with Gasteiger partial charge in [-0.05, 0) is 38.1 Å². The minimum atomic E-state index is -0.711. The number of carbonyl (C=O) groups is 3. The van der Waals surface area contributed by atoms with Crippen molar-refractivity contribution >= 4 is 17.8 Å². The Morgan fingerprint density at radius 1 is 1.14 bits per heavy atom. The van der Waals surface area contributed by atoms with Crippen molar-refractivity contribution in [2.45, 2.75) is 13.8 Å². The molecule has 0 radical (unpaired) electrons. The summed E-state index contributed by atoms with van der Waals surface area (Å²) in [7, 11) is 1.30. The molecule has 0 aliphatic heterocycles. The molecule has 0 atom stereocenters. The summed E-state index contributed by atoms with van der Waals surface area (Å²) in [5.74, 6) is 0.0885. The number of hydrogen-bond acceptors (Lipinski definition) is 6. The number of primary amides is 1. The van der Waals surface area contributed by atoms with Gasteiger partial charge in [0.15, 0.2) is 12.4 Å². The average Bonchev–Trinajstić information content (AvgIpc) is 2.45. The van der Waals surface area contributed by atoms with Gasteiger partial charge >= 0.3 is 12.1 Å². The van der Waals surface area contributed by atoms with Crippen molar-refractivity contribution in [3.05, 3.63) is 29.8 Å². The molecule has 0 fully saturated rings. The molecule has 0 aromatic heterocycles. The van der Waals surface area contributed by atoms with Crippen LogP contribution >= 0.6 is 0 Å². The zero-order valence-corrected chi connectivity index (χ0v) is 12.3. The van der Waals surface area contributed by atoms with Crippen LogP contribution in [0.5, 0.6) is 5.75 Å². The maximum absolute atomic E-state index is 11.0. The van der Waals surface area contributed by atoms with Gasteiger partial charge in [0.2, 0.25) is 0 Å². The van der Waals surface area contributed by atoms with Gasteiger partial charge in [-0.3, -0.25) is 4.79 Å². The number of rotatable bonds is 5. The second-order valence-corrected chi connectivity index (χ2v) is 3.70. The van der Waals surface area contributed by atoms with Gasteiger partial charge in [0.1, 0.15) is 5.75 Å². The first-order chi connectivity index (χ1) is 9.90. The zero-order valence-electron chi connectivity index (χ0n) is 12.3. The molecule has 0 saturated carbocycles. The van der Waals surface area contributed by atoms with Crippen LogP contribution in [-0.4, -0.2) is 38.2 Å². The van der Waals surface area contributed by atoms with E-state index in [4.69, 9.17) is 4.74 Å². The number of methoxy groups -OCH3 is 1. The highest BCUT2D eigenvalue weighted by atomic mass is 16.6. The Labute approximate surface area is 123 Å². The van der Waals surface area contributed by atoms with Crippen LogP contribution in [0.15, 0.2) is 24.3 Å². The highest BCUT2D eigenvalue weighted by Crippen LogP contribution is 2.12. The second-order valence-electron chi connectivity index (χ2n) is 3.70. The van der Waals surface area contributed by atoms with E-state index in [0.717, 1.165) is 0 Å². The summed E-state index contributed by atoms with van der Waals surface area (Å²) in [4.78, 5) is 31.3. The van der Waals surface area contributed by atoms with Gasteiger partial charge in [0.25, 0.3) is 0 Å². The summed E-state index contributed by atoms with van der Waals surface area (Å²) < 4.78 is 13.7. The minimum absolute atomic E-state index is 0.00508. The Kier molecular flexibility index (Phi) is 8.99. The largest absolute Gasteiger partial charge is 0.482 e. The first-order valence-electron chi connectivity index (χ1n) is 6.13. The van der Waals surface area contributed by atoms with Crippen LogP contribution < -0.4 is 10.5 Å². The van der Waals surface area contributed by atoms with Gasteiger partial charge in [-0.25, -0.2) is 9.59 Å².